The van der Waals surface area contributed by atoms with Crippen LogP contribution >= 0.6 is 0 Å². The lowest BCUT2D eigenvalue weighted by Crippen LogP contribution is -2.35. The normalized spacial score (nSPS) is 12.6. The minimum atomic E-state index is -4.77. The SMILES string of the molecule is C[C@H](OC(=O)/C=C/c1ccc(OC(F)(F)F)cc1)C(=O)NCc1ccco1. The second kappa shape index (κ2) is 8.93. The number of benzene rings is 1. The van der Waals surface area contributed by atoms with Gasteiger partial charge >= 0.3 is 12.3 Å². The number of hydrogen-bond donors (Lipinski definition) is 1. The maximum absolute atomic E-state index is 12.1. The molecule has 1 atom stereocenters. The molecular weight excluding hydrogens is 367 g/mol. The van der Waals surface area contributed by atoms with Crippen LogP contribution in [0.3, 0.4) is 0 Å². The van der Waals surface area contributed by atoms with Crippen LogP contribution in [0.25, 0.3) is 6.08 Å². The standard InChI is InChI=1S/C18H16F3NO5/c1-12(17(24)22-11-15-3-2-10-25-15)26-16(23)9-6-13-4-7-14(8-5-13)27-18(19,20)21/h2-10,12H,11H2,1H3,(H,22,24)/b9-6+/t12-/m0/s1. The molecule has 144 valence electrons. The minimum Gasteiger partial charge on any atom is -0.467 e. The van der Waals surface area contributed by atoms with E-state index in [0.29, 0.717) is 11.3 Å². The molecule has 0 saturated heterocycles. The maximum atomic E-state index is 12.1. The van der Waals surface area contributed by atoms with Crippen molar-refractivity contribution >= 4 is 18.0 Å². The highest BCUT2D eigenvalue weighted by Gasteiger charge is 2.30. The summed E-state index contributed by atoms with van der Waals surface area (Å²) in [6.45, 7) is 1.57. The molecule has 0 saturated carbocycles. The molecule has 27 heavy (non-hydrogen) atoms. The Morgan fingerprint density at radius 2 is 1.93 bits per heavy atom. The molecule has 6 nitrogen and oxygen atoms in total. The van der Waals surface area contributed by atoms with Gasteiger partial charge in [0.15, 0.2) is 6.10 Å². The molecule has 1 heterocycles. The molecule has 0 fully saturated rings. The second-order valence-electron chi connectivity index (χ2n) is 5.33. The summed E-state index contributed by atoms with van der Waals surface area (Å²) in [5.74, 6) is -1.09. The zero-order valence-electron chi connectivity index (χ0n) is 14.2. The highest BCUT2D eigenvalue weighted by molar-refractivity contribution is 5.90. The van der Waals surface area contributed by atoms with Crippen molar-refractivity contribution in [1.29, 1.82) is 0 Å². The van der Waals surface area contributed by atoms with Crippen LogP contribution < -0.4 is 10.1 Å². The summed E-state index contributed by atoms with van der Waals surface area (Å²) in [7, 11) is 0. The summed E-state index contributed by atoms with van der Waals surface area (Å²) >= 11 is 0. The summed E-state index contributed by atoms with van der Waals surface area (Å²) in [4.78, 5) is 23.6. The van der Waals surface area contributed by atoms with Crippen molar-refractivity contribution in [1.82, 2.24) is 5.32 Å². The number of hydrogen-bond acceptors (Lipinski definition) is 5. The summed E-state index contributed by atoms with van der Waals surface area (Å²) < 4.78 is 50.0. The monoisotopic (exact) mass is 383 g/mol. The quantitative estimate of drug-likeness (QED) is 0.585. The molecule has 0 aliphatic heterocycles. The molecule has 0 aliphatic rings. The predicted molar refractivity (Wildman–Crippen MR) is 88.3 cm³/mol. The second-order valence-corrected chi connectivity index (χ2v) is 5.33. The van der Waals surface area contributed by atoms with Crippen molar-refractivity contribution < 1.29 is 36.7 Å². The molecule has 0 spiro atoms. The Labute approximate surface area is 152 Å². The Morgan fingerprint density at radius 3 is 2.52 bits per heavy atom. The van der Waals surface area contributed by atoms with Crippen molar-refractivity contribution in [3.05, 3.63) is 60.1 Å². The van der Waals surface area contributed by atoms with E-state index >= 15 is 0 Å². The van der Waals surface area contributed by atoms with E-state index in [4.69, 9.17) is 9.15 Å². The van der Waals surface area contributed by atoms with Gasteiger partial charge < -0.3 is 19.2 Å². The number of furan rings is 1. The first-order valence-corrected chi connectivity index (χ1v) is 7.77. The molecule has 0 unspecified atom stereocenters. The van der Waals surface area contributed by atoms with E-state index in [1.54, 1.807) is 12.1 Å². The Bertz CT molecular complexity index is 782. The predicted octanol–water partition coefficient (Wildman–Crippen LogP) is 3.44. The molecule has 1 amide bonds. The number of carbonyl (C=O) groups is 2. The van der Waals surface area contributed by atoms with Crippen LogP contribution in [-0.4, -0.2) is 24.3 Å². The van der Waals surface area contributed by atoms with Crippen LogP contribution in [0.5, 0.6) is 5.75 Å². The van der Waals surface area contributed by atoms with Gasteiger partial charge in [0.05, 0.1) is 12.8 Å². The zero-order chi connectivity index (χ0) is 19.9. The van der Waals surface area contributed by atoms with Gasteiger partial charge in [-0.1, -0.05) is 12.1 Å². The largest absolute Gasteiger partial charge is 0.573 e. The fourth-order valence-electron chi connectivity index (χ4n) is 1.94. The average Bonchev–Trinajstić information content (AvgIpc) is 3.11. The van der Waals surface area contributed by atoms with E-state index in [9.17, 15) is 22.8 Å². The molecule has 2 aromatic rings. The van der Waals surface area contributed by atoms with Gasteiger partial charge in [-0.2, -0.15) is 0 Å². The van der Waals surface area contributed by atoms with E-state index in [2.05, 4.69) is 10.1 Å². The van der Waals surface area contributed by atoms with Gasteiger partial charge in [-0.05, 0) is 42.8 Å². The van der Waals surface area contributed by atoms with Gasteiger partial charge in [0, 0.05) is 6.08 Å². The smallest absolute Gasteiger partial charge is 0.467 e. The fraction of sp³-hybridized carbons (Fsp3) is 0.222. The number of alkyl halides is 3. The van der Waals surface area contributed by atoms with E-state index in [-0.39, 0.29) is 12.3 Å². The first-order chi connectivity index (χ1) is 12.7. The molecular formula is C18H16F3NO5. The number of rotatable bonds is 7. The first kappa shape index (κ1) is 20.1. The summed E-state index contributed by atoms with van der Waals surface area (Å²) in [6.07, 6.45) is -1.92. The Morgan fingerprint density at radius 1 is 1.22 bits per heavy atom. The lowest BCUT2D eigenvalue weighted by molar-refractivity contribution is -0.274. The summed E-state index contributed by atoms with van der Waals surface area (Å²) in [5.41, 5.74) is 0.455. The van der Waals surface area contributed by atoms with E-state index in [1.807, 2.05) is 0 Å². The van der Waals surface area contributed by atoms with Gasteiger partial charge in [-0.25, -0.2) is 4.79 Å². The van der Waals surface area contributed by atoms with Crippen LogP contribution in [0.1, 0.15) is 18.2 Å². The van der Waals surface area contributed by atoms with Crippen molar-refractivity contribution in [3.63, 3.8) is 0 Å². The van der Waals surface area contributed by atoms with Gasteiger partial charge in [0.1, 0.15) is 11.5 Å². The Kier molecular flexibility index (Phi) is 6.64. The maximum Gasteiger partial charge on any atom is 0.573 e. The first-order valence-electron chi connectivity index (χ1n) is 7.77. The van der Waals surface area contributed by atoms with Gasteiger partial charge in [0.2, 0.25) is 0 Å². The number of halogens is 3. The van der Waals surface area contributed by atoms with Crippen LogP contribution in [0.4, 0.5) is 13.2 Å². The number of carbonyl (C=O) groups excluding carboxylic acids is 2. The van der Waals surface area contributed by atoms with Crippen LogP contribution in [-0.2, 0) is 20.9 Å². The average molecular weight is 383 g/mol. The summed E-state index contributed by atoms with van der Waals surface area (Å²) in [5, 5.41) is 2.55. The third-order valence-corrected chi connectivity index (χ3v) is 3.20. The molecule has 0 bridgehead atoms. The van der Waals surface area contributed by atoms with Crippen LogP contribution in [0, 0.1) is 0 Å². The number of amides is 1. The highest BCUT2D eigenvalue weighted by atomic mass is 19.4. The third-order valence-electron chi connectivity index (χ3n) is 3.20. The molecule has 1 N–H and O–H groups in total. The molecule has 9 heteroatoms. The van der Waals surface area contributed by atoms with Crippen LogP contribution in [0.15, 0.2) is 53.2 Å². The number of nitrogens with one attached hydrogen (secondary N) is 1. The molecule has 0 aliphatic carbocycles. The van der Waals surface area contributed by atoms with Crippen molar-refractivity contribution in [2.24, 2.45) is 0 Å². The van der Waals surface area contributed by atoms with Gasteiger partial charge in [-0.3, -0.25) is 4.79 Å². The van der Waals surface area contributed by atoms with Crippen LogP contribution in [0.2, 0.25) is 0 Å². The van der Waals surface area contributed by atoms with E-state index in [1.165, 1.54) is 31.4 Å². The summed E-state index contributed by atoms with van der Waals surface area (Å²) in [6, 6.07) is 8.27. The zero-order valence-corrected chi connectivity index (χ0v) is 14.2. The van der Waals surface area contributed by atoms with E-state index in [0.717, 1.165) is 18.2 Å². The lowest BCUT2D eigenvalue weighted by atomic mass is 10.2. The van der Waals surface area contributed by atoms with Crippen molar-refractivity contribution in [2.45, 2.75) is 25.9 Å². The third kappa shape index (κ3) is 7.27. The molecule has 0 radical (unpaired) electrons. The van der Waals surface area contributed by atoms with Crippen molar-refractivity contribution in [2.75, 3.05) is 0 Å². The Balaban J connectivity index is 1.80. The number of esters is 1. The van der Waals surface area contributed by atoms with Crippen molar-refractivity contribution in [3.8, 4) is 5.75 Å². The minimum absolute atomic E-state index is 0.163. The molecule has 2 rings (SSSR count). The fourth-order valence-corrected chi connectivity index (χ4v) is 1.94. The lowest BCUT2D eigenvalue weighted by Gasteiger charge is -2.11. The van der Waals surface area contributed by atoms with Gasteiger partial charge in [-0.15, -0.1) is 13.2 Å². The number of ether oxygens (including phenoxy) is 2. The van der Waals surface area contributed by atoms with E-state index < -0.39 is 24.3 Å². The highest BCUT2D eigenvalue weighted by Crippen LogP contribution is 2.22. The molecule has 1 aromatic carbocycles. The Hall–Kier alpha value is -3.23. The van der Waals surface area contributed by atoms with Gasteiger partial charge in [0.25, 0.3) is 5.91 Å². The molecule has 1 aromatic heterocycles. The topological polar surface area (TPSA) is 77.8 Å².